The van der Waals surface area contributed by atoms with Crippen LogP contribution in [0.25, 0.3) is 11.1 Å². The number of aldehydes is 1. The Hall–Kier alpha value is -3.02. The summed E-state index contributed by atoms with van der Waals surface area (Å²) < 4.78 is 5.69. The highest BCUT2D eigenvalue weighted by molar-refractivity contribution is 5.76. The highest BCUT2D eigenvalue weighted by atomic mass is 16.6. The van der Waals surface area contributed by atoms with Crippen molar-refractivity contribution >= 4 is 23.1 Å². The normalized spacial score (nSPS) is 22.9. The van der Waals surface area contributed by atoms with E-state index in [2.05, 4.69) is 4.98 Å². The number of carbonyl (C=O) groups is 1. The van der Waals surface area contributed by atoms with Crippen molar-refractivity contribution < 1.29 is 14.1 Å². The second-order valence-corrected chi connectivity index (χ2v) is 5.64. The molecule has 6 nitrogen and oxygen atoms in total. The Morgan fingerprint density at radius 3 is 2.61 bits per heavy atom. The number of fused-ring (bicyclic) bond motifs is 1. The lowest BCUT2D eigenvalue weighted by molar-refractivity contribution is -0.384. The molecule has 114 valence electrons. The zero-order valence-electron chi connectivity index (χ0n) is 12.0. The molecule has 0 saturated heterocycles. The third kappa shape index (κ3) is 2.19. The number of rotatable bonds is 4. The largest absolute Gasteiger partial charge is 0.440 e. The molecule has 0 bridgehead atoms. The van der Waals surface area contributed by atoms with Gasteiger partial charge in [0.25, 0.3) is 5.69 Å². The summed E-state index contributed by atoms with van der Waals surface area (Å²) in [4.78, 5) is 26.1. The van der Waals surface area contributed by atoms with E-state index < -0.39 is 4.92 Å². The zero-order valence-corrected chi connectivity index (χ0v) is 12.0. The third-order valence-electron chi connectivity index (χ3n) is 4.30. The fraction of sp³-hybridized carbons (Fsp3) is 0.176. The Balaban J connectivity index is 1.71. The van der Waals surface area contributed by atoms with Crippen LogP contribution >= 0.6 is 0 Å². The van der Waals surface area contributed by atoms with Crippen molar-refractivity contribution in [1.82, 2.24) is 4.98 Å². The van der Waals surface area contributed by atoms with Gasteiger partial charge in [0.1, 0.15) is 11.8 Å². The Morgan fingerprint density at radius 2 is 1.91 bits per heavy atom. The number of nitro benzene ring substituents is 1. The van der Waals surface area contributed by atoms with E-state index in [1.165, 1.54) is 12.1 Å². The molecule has 23 heavy (non-hydrogen) atoms. The molecule has 4 rings (SSSR count). The molecule has 1 fully saturated rings. The molecule has 0 aliphatic heterocycles. The average molecular weight is 308 g/mol. The van der Waals surface area contributed by atoms with Crippen LogP contribution in [0.4, 0.5) is 5.69 Å². The van der Waals surface area contributed by atoms with Crippen molar-refractivity contribution in [3.63, 3.8) is 0 Å². The number of nitro groups is 1. The minimum Gasteiger partial charge on any atom is -0.440 e. The monoisotopic (exact) mass is 308 g/mol. The van der Waals surface area contributed by atoms with Gasteiger partial charge in [0.15, 0.2) is 11.5 Å². The number of hydrogen-bond acceptors (Lipinski definition) is 5. The van der Waals surface area contributed by atoms with Crippen molar-refractivity contribution in [1.29, 1.82) is 0 Å². The first-order chi connectivity index (χ1) is 11.2. The van der Waals surface area contributed by atoms with Crippen LogP contribution in [0.15, 0.2) is 52.9 Å². The maximum absolute atomic E-state index is 11.3. The fourth-order valence-electron chi connectivity index (χ4n) is 3.11. The lowest BCUT2D eigenvalue weighted by Crippen LogP contribution is -1.86. The molecule has 3 atom stereocenters. The van der Waals surface area contributed by atoms with Crippen molar-refractivity contribution in [3.05, 3.63) is 70.1 Å². The number of carbonyl (C=O) groups excluding carboxylic acids is 1. The van der Waals surface area contributed by atoms with Crippen LogP contribution in [0.1, 0.15) is 23.3 Å². The van der Waals surface area contributed by atoms with Gasteiger partial charge in [-0.1, -0.05) is 30.3 Å². The van der Waals surface area contributed by atoms with Crippen LogP contribution in [-0.2, 0) is 4.79 Å². The van der Waals surface area contributed by atoms with Gasteiger partial charge in [0, 0.05) is 17.9 Å². The zero-order chi connectivity index (χ0) is 16.0. The molecule has 0 radical (unpaired) electrons. The van der Waals surface area contributed by atoms with Crippen LogP contribution < -0.4 is 0 Å². The topological polar surface area (TPSA) is 86.2 Å². The smallest absolute Gasteiger partial charge is 0.273 e. The predicted molar refractivity (Wildman–Crippen MR) is 82.1 cm³/mol. The summed E-state index contributed by atoms with van der Waals surface area (Å²) >= 11 is 0. The Bertz CT molecular complexity index is 903. The second-order valence-electron chi connectivity index (χ2n) is 5.64. The Labute approximate surface area is 130 Å². The maximum Gasteiger partial charge on any atom is 0.273 e. The predicted octanol–water partition coefficient (Wildman–Crippen LogP) is 3.43. The maximum atomic E-state index is 11.3. The number of aromatic nitrogens is 1. The van der Waals surface area contributed by atoms with E-state index in [0.29, 0.717) is 17.0 Å². The van der Waals surface area contributed by atoms with E-state index in [1.807, 2.05) is 30.3 Å². The quantitative estimate of drug-likeness (QED) is 0.418. The number of non-ortho nitro benzene ring substituents is 1. The Kier molecular flexibility index (Phi) is 2.97. The minimum absolute atomic E-state index is 0.0393. The van der Waals surface area contributed by atoms with Gasteiger partial charge in [-0.3, -0.25) is 10.1 Å². The van der Waals surface area contributed by atoms with Gasteiger partial charge in [-0.25, -0.2) is 4.98 Å². The summed E-state index contributed by atoms with van der Waals surface area (Å²) in [6.45, 7) is 0. The van der Waals surface area contributed by atoms with Crippen LogP contribution in [-0.4, -0.2) is 16.2 Å². The van der Waals surface area contributed by atoms with Crippen molar-refractivity contribution in [2.24, 2.45) is 5.92 Å². The molecular weight excluding hydrogens is 296 g/mol. The van der Waals surface area contributed by atoms with E-state index >= 15 is 0 Å². The van der Waals surface area contributed by atoms with Gasteiger partial charge in [0.2, 0.25) is 0 Å². The fourth-order valence-corrected chi connectivity index (χ4v) is 3.11. The van der Waals surface area contributed by atoms with Gasteiger partial charge < -0.3 is 9.21 Å². The van der Waals surface area contributed by atoms with E-state index in [1.54, 1.807) is 6.07 Å². The lowest BCUT2D eigenvalue weighted by atomic mass is 10.1. The highest BCUT2D eigenvalue weighted by Crippen LogP contribution is 2.59. The van der Waals surface area contributed by atoms with Crippen molar-refractivity contribution in [2.75, 3.05) is 0 Å². The van der Waals surface area contributed by atoms with Gasteiger partial charge in [0.05, 0.1) is 16.9 Å². The van der Waals surface area contributed by atoms with E-state index in [4.69, 9.17) is 4.42 Å². The molecular formula is C17H12N2O4. The number of nitrogens with zero attached hydrogens (tertiary/aromatic N) is 2. The first kappa shape index (κ1) is 13.6. The van der Waals surface area contributed by atoms with Crippen LogP contribution in [0.3, 0.4) is 0 Å². The molecule has 0 amide bonds. The molecule has 3 aromatic rings. The molecule has 1 aromatic heterocycles. The molecule has 1 aliphatic carbocycles. The summed E-state index contributed by atoms with van der Waals surface area (Å²) in [6, 6.07) is 14.1. The Morgan fingerprint density at radius 1 is 1.13 bits per heavy atom. The first-order valence-electron chi connectivity index (χ1n) is 7.24. The molecule has 6 heteroatoms. The summed E-state index contributed by atoms with van der Waals surface area (Å²) in [5.74, 6) is 0.241. The number of benzene rings is 2. The number of oxazole rings is 1. The molecule has 1 heterocycles. The van der Waals surface area contributed by atoms with Gasteiger partial charge in [-0.15, -0.1) is 0 Å². The average Bonchev–Trinajstić information content (AvgIpc) is 3.16. The summed E-state index contributed by atoms with van der Waals surface area (Å²) in [5, 5.41) is 10.8. The van der Waals surface area contributed by atoms with Crippen LogP contribution in [0.2, 0.25) is 0 Å². The van der Waals surface area contributed by atoms with Crippen molar-refractivity contribution in [2.45, 2.75) is 11.8 Å². The molecule has 1 aliphatic rings. The summed E-state index contributed by atoms with van der Waals surface area (Å²) in [5.41, 5.74) is 1.97. The lowest BCUT2D eigenvalue weighted by Gasteiger charge is -1.96. The van der Waals surface area contributed by atoms with E-state index in [9.17, 15) is 14.9 Å². The van der Waals surface area contributed by atoms with Crippen molar-refractivity contribution in [3.8, 4) is 0 Å². The summed E-state index contributed by atoms with van der Waals surface area (Å²) in [7, 11) is 0. The van der Waals surface area contributed by atoms with Crippen LogP contribution in [0, 0.1) is 16.0 Å². The highest BCUT2D eigenvalue weighted by Gasteiger charge is 2.54. The summed E-state index contributed by atoms with van der Waals surface area (Å²) in [6.07, 6.45) is 0.930. The van der Waals surface area contributed by atoms with Crippen LogP contribution in [0.5, 0.6) is 0 Å². The second kappa shape index (κ2) is 5.01. The van der Waals surface area contributed by atoms with E-state index in [0.717, 1.165) is 11.8 Å². The minimum atomic E-state index is -0.472. The van der Waals surface area contributed by atoms with E-state index in [-0.39, 0.29) is 23.4 Å². The molecule has 1 saturated carbocycles. The standard InChI is InChI=1S/C17H12N2O4/c20-9-12-15(10-4-2-1-3-5-10)16(12)17-18-13-7-6-11(19(21)22)8-14(13)23-17/h1-9,12,15-16H/t12-,15-,16+/m1/s1. The van der Waals surface area contributed by atoms with Gasteiger partial charge in [-0.2, -0.15) is 0 Å². The SMILES string of the molecule is O=C[C@@H]1[C@@H](c2ccccc2)[C@H]1c1nc2ccc([N+](=O)[O-])cc2o1. The molecule has 0 N–H and O–H groups in total. The first-order valence-corrected chi connectivity index (χ1v) is 7.24. The third-order valence-corrected chi connectivity index (χ3v) is 4.30. The van der Waals surface area contributed by atoms with Gasteiger partial charge in [-0.05, 0) is 11.6 Å². The molecule has 0 spiro atoms. The molecule has 2 aromatic carbocycles. The van der Waals surface area contributed by atoms with Gasteiger partial charge >= 0.3 is 0 Å². The molecule has 0 unspecified atom stereocenters. The number of hydrogen-bond donors (Lipinski definition) is 0.